The van der Waals surface area contributed by atoms with Crippen LogP contribution >= 0.6 is 7.80 Å². The Morgan fingerprint density at radius 1 is 1.14 bits per heavy atom. The van der Waals surface area contributed by atoms with E-state index in [1.54, 1.807) is 0 Å². The van der Waals surface area contributed by atoms with E-state index in [9.17, 15) is 9.36 Å². The van der Waals surface area contributed by atoms with Crippen LogP contribution in [0.2, 0.25) is 0 Å². The van der Waals surface area contributed by atoms with Gasteiger partial charge in [-0.3, -0.25) is 0 Å². The lowest BCUT2D eigenvalue weighted by Gasteiger charge is -2.06. The van der Waals surface area contributed by atoms with Crippen LogP contribution < -0.4 is 0 Å². The summed E-state index contributed by atoms with van der Waals surface area (Å²) in [6.45, 7) is 5.90. The minimum atomic E-state index is -1.77. The molecule has 2 nitrogen and oxygen atoms in total. The predicted octanol–water partition coefficient (Wildman–Crippen LogP) is 5.55. The molecule has 0 bridgehead atoms. The molecule has 1 aliphatic carbocycles. The van der Waals surface area contributed by atoms with E-state index in [2.05, 4.69) is 0 Å². The first-order chi connectivity index (χ1) is 9.99. The van der Waals surface area contributed by atoms with Crippen LogP contribution in [0.5, 0.6) is 0 Å². The van der Waals surface area contributed by atoms with Gasteiger partial charge in [-0.2, -0.15) is 0 Å². The molecular formula is C18H26O2P+. The van der Waals surface area contributed by atoms with E-state index in [1.165, 1.54) is 25.7 Å². The Morgan fingerprint density at radius 2 is 1.71 bits per heavy atom. The van der Waals surface area contributed by atoms with Crippen molar-refractivity contribution in [3.05, 3.63) is 34.4 Å². The summed E-state index contributed by atoms with van der Waals surface area (Å²) in [5.74, 6) is 0.811. The Morgan fingerprint density at radius 3 is 2.29 bits per heavy atom. The fourth-order valence-corrected chi connectivity index (χ4v) is 4.84. The van der Waals surface area contributed by atoms with Crippen molar-refractivity contribution in [3.63, 3.8) is 0 Å². The van der Waals surface area contributed by atoms with E-state index in [4.69, 9.17) is 0 Å². The summed E-state index contributed by atoms with van der Waals surface area (Å²) < 4.78 is 12.3. The second kappa shape index (κ2) is 7.31. The Hall–Kier alpha value is -1.01. The molecule has 0 saturated heterocycles. The summed E-state index contributed by atoms with van der Waals surface area (Å²) in [5.41, 5.74) is 3.60. The normalized spacial score (nSPS) is 16.2. The van der Waals surface area contributed by atoms with Crippen LogP contribution in [0.3, 0.4) is 0 Å². The van der Waals surface area contributed by atoms with Gasteiger partial charge in [0, 0.05) is 0 Å². The summed E-state index contributed by atoms with van der Waals surface area (Å²) in [6.07, 6.45) is 7.95. The number of hydrogen-bond acceptors (Lipinski definition) is 2. The van der Waals surface area contributed by atoms with Gasteiger partial charge in [0.25, 0.3) is 0 Å². The van der Waals surface area contributed by atoms with Gasteiger partial charge in [0.15, 0.2) is 6.16 Å². The van der Waals surface area contributed by atoms with Crippen LogP contribution in [0.15, 0.2) is 12.1 Å². The summed E-state index contributed by atoms with van der Waals surface area (Å²) in [7, 11) is -1.77. The molecule has 0 aromatic heterocycles. The monoisotopic (exact) mass is 305 g/mol. The fraction of sp³-hybridized carbons (Fsp3) is 0.611. The molecule has 0 aliphatic heterocycles. The van der Waals surface area contributed by atoms with Crippen molar-refractivity contribution < 1.29 is 9.36 Å². The first-order valence-electron chi connectivity index (χ1n) is 8.06. The summed E-state index contributed by atoms with van der Waals surface area (Å²) >= 11 is 0. The van der Waals surface area contributed by atoms with E-state index >= 15 is 0 Å². The van der Waals surface area contributed by atoms with Gasteiger partial charge in [0.2, 0.25) is 0 Å². The molecule has 0 spiro atoms. The Labute approximate surface area is 129 Å². The zero-order valence-corrected chi connectivity index (χ0v) is 14.3. The average Bonchev–Trinajstić information content (AvgIpc) is 2.90. The number of rotatable bonds is 6. The number of carbonyl (C=O) groups is 1. The standard InChI is InChI=1S/C18H26O2P/c1-13-11-14(2)17(15(3)12-13)18(19)21(20)10-6-9-16-7-4-5-8-16/h11-12,16H,4-10H2,1-3H3/q+1. The van der Waals surface area contributed by atoms with E-state index < -0.39 is 7.80 Å². The summed E-state index contributed by atoms with van der Waals surface area (Å²) in [4.78, 5) is 12.4. The molecule has 1 atom stereocenters. The van der Waals surface area contributed by atoms with Gasteiger partial charge in [0.05, 0.1) is 5.56 Å². The molecule has 21 heavy (non-hydrogen) atoms. The predicted molar refractivity (Wildman–Crippen MR) is 88.6 cm³/mol. The summed E-state index contributed by atoms with van der Waals surface area (Å²) in [6, 6.07) is 4.00. The highest BCUT2D eigenvalue weighted by Gasteiger charge is 2.32. The van der Waals surface area contributed by atoms with Crippen LogP contribution in [0.1, 0.15) is 65.6 Å². The minimum Gasteiger partial charge on any atom is -0.234 e. The molecule has 0 amide bonds. The number of benzene rings is 1. The highest BCUT2D eigenvalue weighted by Crippen LogP contribution is 2.34. The minimum absolute atomic E-state index is 0.147. The quantitative estimate of drug-likeness (QED) is 0.646. The molecule has 1 aromatic carbocycles. The third kappa shape index (κ3) is 4.23. The Kier molecular flexibility index (Phi) is 5.70. The highest BCUT2D eigenvalue weighted by atomic mass is 31.1. The number of carbonyl (C=O) groups excluding carboxylic acids is 1. The zero-order valence-electron chi connectivity index (χ0n) is 13.4. The van der Waals surface area contributed by atoms with Gasteiger partial charge in [-0.15, -0.1) is 0 Å². The lowest BCUT2D eigenvalue weighted by molar-refractivity contribution is 0.107. The topological polar surface area (TPSA) is 34.1 Å². The smallest absolute Gasteiger partial charge is 0.234 e. The molecule has 1 aromatic rings. The first kappa shape index (κ1) is 16.4. The van der Waals surface area contributed by atoms with Gasteiger partial charge in [0.1, 0.15) is 0 Å². The molecule has 1 fully saturated rings. The molecule has 3 heteroatoms. The van der Waals surface area contributed by atoms with Crippen LogP contribution in [0.25, 0.3) is 0 Å². The van der Waals surface area contributed by atoms with Gasteiger partial charge < -0.3 is 0 Å². The van der Waals surface area contributed by atoms with Gasteiger partial charge in [-0.05, 0) is 50.7 Å². The van der Waals surface area contributed by atoms with Crippen LogP contribution in [0, 0.1) is 26.7 Å². The molecule has 114 valence electrons. The maximum Gasteiger partial charge on any atom is 0.420 e. The fourth-order valence-electron chi connectivity index (χ4n) is 3.57. The lowest BCUT2D eigenvalue weighted by atomic mass is 10.0. The van der Waals surface area contributed by atoms with Crippen LogP contribution in [-0.2, 0) is 4.57 Å². The summed E-state index contributed by atoms with van der Waals surface area (Å²) in [5, 5.41) is 0. The van der Waals surface area contributed by atoms with Gasteiger partial charge >= 0.3 is 13.3 Å². The van der Waals surface area contributed by atoms with E-state index in [1.807, 2.05) is 32.9 Å². The van der Waals surface area contributed by atoms with E-state index in [-0.39, 0.29) is 5.52 Å². The van der Waals surface area contributed by atoms with Crippen molar-refractivity contribution in [1.29, 1.82) is 0 Å². The first-order valence-corrected chi connectivity index (χ1v) is 9.50. The van der Waals surface area contributed by atoms with Crippen molar-refractivity contribution in [1.82, 2.24) is 0 Å². The molecule has 1 saturated carbocycles. The maximum atomic E-state index is 12.4. The molecule has 2 rings (SSSR count). The average molecular weight is 305 g/mol. The Bertz CT molecular complexity index is 519. The van der Waals surface area contributed by atoms with Crippen LogP contribution in [0.4, 0.5) is 0 Å². The zero-order chi connectivity index (χ0) is 15.4. The van der Waals surface area contributed by atoms with Crippen LogP contribution in [-0.4, -0.2) is 11.7 Å². The molecule has 1 unspecified atom stereocenters. The molecule has 0 heterocycles. The van der Waals surface area contributed by atoms with Crippen molar-refractivity contribution in [2.75, 3.05) is 6.16 Å². The lowest BCUT2D eigenvalue weighted by Crippen LogP contribution is -2.03. The number of hydrogen-bond donors (Lipinski definition) is 0. The van der Waals surface area contributed by atoms with Crippen molar-refractivity contribution >= 4 is 13.3 Å². The van der Waals surface area contributed by atoms with Gasteiger partial charge in [-0.1, -0.05) is 47.9 Å². The number of aryl methyl sites for hydroxylation is 3. The highest BCUT2D eigenvalue weighted by molar-refractivity contribution is 7.64. The third-order valence-corrected chi connectivity index (χ3v) is 5.96. The molecule has 0 N–H and O–H groups in total. The van der Waals surface area contributed by atoms with Crippen molar-refractivity contribution in [3.8, 4) is 0 Å². The van der Waals surface area contributed by atoms with Gasteiger partial charge in [-0.25, -0.2) is 4.79 Å². The second-order valence-corrected chi connectivity index (χ2v) is 8.08. The Balaban J connectivity index is 1.94. The van der Waals surface area contributed by atoms with Crippen molar-refractivity contribution in [2.45, 2.75) is 59.3 Å². The van der Waals surface area contributed by atoms with E-state index in [0.29, 0.717) is 11.7 Å². The van der Waals surface area contributed by atoms with Crippen molar-refractivity contribution in [2.24, 2.45) is 5.92 Å². The van der Waals surface area contributed by atoms with E-state index in [0.717, 1.165) is 35.4 Å². The third-order valence-electron chi connectivity index (χ3n) is 4.57. The SMILES string of the molecule is Cc1cc(C)c(C(=O)[P+](=O)CCCC2CCCC2)c(C)c1. The molecular weight excluding hydrogens is 279 g/mol. The molecule has 1 aliphatic rings. The largest absolute Gasteiger partial charge is 0.420 e. The second-order valence-electron chi connectivity index (χ2n) is 6.47. The maximum absolute atomic E-state index is 12.4. The molecule has 0 radical (unpaired) electrons.